The number of nitrogens with two attached hydrogens (primary N) is 1. The van der Waals surface area contributed by atoms with E-state index in [-0.39, 0.29) is 5.41 Å². The van der Waals surface area contributed by atoms with E-state index in [1.807, 2.05) is 18.2 Å². The molecule has 98 valence electrons. The van der Waals surface area contributed by atoms with Crippen LogP contribution in [-0.2, 0) is 5.41 Å². The first-order chi connectivity index (χ1) is 8.95. The predicted octanol–water partition coefficient (Wildman–Crippen LogP) is 3.10. The summed E-state index contributed by atoms with van der Waals surface area (Å²) in [6.07, 6.45) is 1.70. The zero-order chi connectivity index (χ0) is 13.6. The van der Waals surface area contributed by atoms with Gasteiger partial charge in [-0.3, -0.25) is 0 Å². The Hall–Kier alpha value is -2.30. The average Bonchev–Trinajstić information content (AvgIpc) is 2.91. The van der Waals surface area contributed by atoms with Gasteiger partial charge in [0.1, 0.15) is 11.8 Å². The highest BCUT2D eigenvalue weighted by Crippen LogP contribution is 2.30. The summed E-state index contributed by atoms with van der Waals surface area (Å²) >= 11 is 0. The molecule has 1 aromatic carbocycles. The first-order valence-electron chi connectivity index (χ1n) is 6.16. The second-order valence-electron chi connectivity index (χ2n) is 5.61. The molecule has 0 amide bonds. The van der Waals surface area contributed by atoms with Crippen LogP contribution in [0.4, 0.5) is 5.95 Å². The Kier molecular flexibility index (Phi) is 2.38. The minimum atomic E-state index is -0.0414. The molecular weight excluding hydrogens is 240 g/mol. The van der Waals surface area contributed by atoms with Crippen LogP contribution in [0, 0.1) is 0 Å². The number of fused-ring (bicyclic) bond motifs is 1. The summed E-state index contributed by atoms with van der Waals surface area (Å²) in [6.45, 7) is 6.30. The van der Waals surface area contributed by atoms with Crippen molar-refractivity contribution in [2.75, 3.05) is 5.73 Å². The number of aromatic nitrogens is 3. The molecule has 0 bridgehead atoms. The summed E-state index contributed by atoms with van der Waals surface area (Å²) in [4.78, 5) is 11.8. The van der Waals surface area contributed by atoms with E-state index in [0.29, 0.717) is 11.8 Å². The molecule has 0 aliphatic heterocycles. The number of nitrogens with zero attached hydrogens (tertiary/aromatic N) is 2. The Bertz CT molecular complexity index is 733. The molecular formula is C14H16N4O. The lowest BCUT2D eigenvalue weighted by Gasteiger charge is -2.12. The summed E-state index contributed by atoms with van der Waals surface area (Å²) in [6, 6.07) is 5.78. The van der Waals surface area contributed by atoms with E-state index in [2.05, 4.69) is 35.7 Å². The Balaban J connectivity index is 2.16. The fourth-order valence-corrected chi connectivity index (χ4v) is 1.97. The summed E-state index contributed by atoms with van der Waals surface area (Å²) in [5.41, 5.74) is 9.08. The van der Waals surface area contributed by atoms with Crippen molar-refractivity contribution in [2.24, 2.45) is 0 Å². The number of hydrogen-bond donors (Lipinski definition) is 2. The molecule has 0 saturated carbocycles. The molecule has 2 heterocycles. The van der Waals surface area contributed by atoms with Gasteiger partial charge in [-0.1, -0.05) is 26.8 Å². The van der Waals surface area contributed by atoms with Crippen molar-refractivity contribution < 1.29 is 4.42 Å². The van der Waals surface area contributed by atoms with Gasteiger partial charge in [-0.05, 0) is 12.1 Å². The molecule has 0 aliphatic rings. The van der Waals surface area contributed by atoms with Crippen molar-refractivity contribution in [1.29, 1.82) is 0 Å². The van der Waals surface area contributed by atoms with Crippen LogP contribution in [0.3, 0.4) is 0 Å². The standard InChI is InChI=1S/C14H16N4O/c1-14(2,3)10-7-19-12(17-10)8-5-4-6-9-11(8)18-13(15)16-9/h4-7H,1-3H3,(H3,15,16,18). The van der Waals surface area contributed by atoms with E-state index in [4.69, 9.17) is 10.2 Å². The number of nitrogen functional groups attached to an aromatic ring is 1. The minimum Gasteiger partial charge on any atom is -0.444 e. The molecule has 0 radical (unpaired) electrons. The zero-order valence-corrected chi connectivity index (χ0v) is 11.2. The second-order valence-corrected chi connectivity index (χ2v) is 5.61. The zero-order valence-electron chi connectivity index (χ0n) is 11.2. The summed E-state index contributed by atoms with van der Waals surface area (Å²) in [5.74, 6) is 0.965. The highest BCUT2D eigenvalue weighted by atomic mass is 16.3. The maximum absolute atomic E-state index is 5.69. The predicted molar refractivity (Wildman–Crippen MR) is 74.7 cm³/mol. The highest BCUT2D eigenvalue weighted by Gasteiger charge is 2.20. The largest absolute Gasteiger partial charge is 0.444 e. The van der Waals surface area contributed by atoms with E-state index in [0.717, 1.165) is 22.3 Å². The Morgan fingerprint density at radius 3 is 2.68 bits per heavy atom. The van der Waals surface area contributed by atoms with Gasteiger partial charge in [0, 0.05) is 5.41 Å². The number of H-pyrrole nitrogens is 1. The molecule has 5 heteroatoms. The van der Waals surface area contributed by atoms with Gasteiger partial charge >= 0.3 is 0 Å². The molecule has 0 saturated heterocycles. The molecule has 3 aromatic rings. The number of imidazole rings is 1. The normalized spacial score (nSPS) is 12.2. The van der Waals surface area contributed by atoms with E-state index in [1.165, 1.54) is 0 Å². The lowest BCUT2D eigenvalue weighted by molar-refractivity contribution is 0.544. The number of para-hydroxylation sites is 1. The van der Waals surface area contributed by atoms with Crippen molar-refractivity contribution in [3.63, 3.8) is 0 Å². The van der Waals surface area contributed by atoms with Crippen molar-refractivity contribution >= 4 is 17.0 Å². The first kappa shape index (κ1) is 11.8. The highest BCUT2D eigenvalue weighted by molar-refractivity contribution is 5.90. The average molecular weight is 256 g/mol. The lowest BCUT2D eigenvalue weighted by Crippen LogP contribution is -2.11. The van der Waals surface area contributed by atoms with Crippen LogP contribution < -0.4 is 5.73 Å². The Morgan fingerprint density at radius 1 is 1.21 bits per heavy atom. The molecule has 3 rings (SSSR count). The van der Waals surface area contributed by atoms with Crippen molar-refractivity contribution in [3.8, 4) is 11.5 Å². The van der Waals surface area contributed by atoms with Crippen LogP contribution in [-0.4, -0.2) is 15.0 Å². The van der Waals surface area contributed by atoms with Crippen LogP contribution in [0.5, 0.6) is 0 Å². The van der Waals surface area contributed by atoms with Gasteiger partial charge in [0.2, 0.25) is 5.89 Å². The van der Waals surface area contributed by atoms with Gasteiger partial charge in [0.15, 0.2) is 5.95 Å². The van der Waals surface area contributed by atoms with Crippen LogP contribution in [0.2, 0.25) is 0 Å². The van der Waals surface area contributed by atoms with Gasteiger partial charge in [-0.2, -0.15) is 0 Å². The van der Waals surface area contributed by atoms with Gasteiger partial charge in [-0.25, -0.2) is 9.97 Å². The fraction of sp³-hybridized carbons (Fsp3) is 0.286. The Morgan fingerprint density at radius 2 is 2.00 bits per heavy atom. The van der Waals surface area contributed by atoms with E-state index in [9.17, 15) is 0 Å². The molecule has 0 atom stereocenters. The first-order valence-corrected chi connectivity index (χ1v) is 6.16. The lowest BCUT2D eigenvalue weighted by atomic mass is 9.93. The molecule has 19 heavy (non-hydrogen) atoms. The van der Waals surface area contributed by atoms with Crippen LogP contribution in [0.15, 0.2) is 28.9 Å². The number of oxazole rings is 1. The number of rotatable bonds is 1. The van der Waals surface area contributed by atoms with Crippen LogP contribution in [0.25, 0.3) is 22.5 Å². The molecule has 0 spiro atoms. The number of nitrogens with one attached hydrogen (secondary N) is 1. The Labute approximate surface area is 110 Å². The second kappa shape index (κ2) is 3.85. The van der Waals surface area contributed by atoms with E-state index in [1.54, 1.807) is 6.26 Å². The van der Waals surface area contributed by atoms with Crippen molar-refractivity contribution in [2.45, 2.75) is 26.2 Å². The minimum absolute atomic E-state index is 0.0414. The van der Waals surface area contributed by atoms with Crippen molar-refractivity contribution in [1.82, 2.24) is 15.0 Å². The fourth-order valence-electron chi connectivity index (χ4n) is 1.97. The van der Waals surface area contributed by atoms with Gasteiger partial charge in [-0.15, -0.1) is 0 Å². The number of hydrogen-bond acceptors (Lipinski definition) is 4. The number of aromatic amines is 1. The third-order valence-electron chi connectivity index (χ3n) is 3.03. The third-order valence-corrected chi connectivity index (χ3v) is 3.03. The molecule has 0 aliphatic carbocycles. The van der Waals surface area contributed by atoms with Gasteiger partial charge in [0.05, 0.1) is 16.8 Å². The van der Waals surface area contributed by atoms with Gasteiger partial charge in [0.25, 0.3) is 0 Å². The SMILES string of the molecule is CC(C)(C)c1coc(-c2cccc3[nH]c(N)nc23)n1. The van der Waals surface area contributed by atoms with Gasteiger partial charge < -0.3 is 15.1 Å². The van der Waals surface area contributed by atoms with E-state index >= 15 is 0 Å². The van der Waals surface area contributed by atoms with Crippen LogP contribution in [0.1, 0.15) is 26.5 Å². The topological polar surface area (TPSA) is 80.7 Å². The number of anilines is 1. The summed E-state index contributed by atoms with van der Waals surface area (Å²) in [7, 11) is 0. The van der Waals surface area contributed by atoms with Crippen LogP contribution >= 0.6 is 0 Å². The maximum atomic E-state index is 5.69. The molecule has 2 aromatic heterocycles. The maximum Gasteiger partial charge on any atom is 0.228 e. The quantitative estimate of drug-likeness (QED) is 0.701. The molecule has 3 N–H and O–H groups in total. The summed E-state index contributed by atoms with van der Waals surface area (Å²) < 4.78 is 5.59. The molecule has 0 unspecified atom stereocenters. The monoisotopic (exact) mass is 256 g/mol. The summed E-state index contributed by atoms with van der Waals surface area (Å²) in [5, 5.41) is 0. The van der Waals surface area contributed by atoms with Crippen molar-refractivity contribution in [3.05, 3.63) is 30.2 Å². The third kappa shape index (κ3) is 1.97. The van der Waals surface area contributed by atoms with E-state index < -0.39 is 0 Å². The molecule has 5 nitrogen and oxygen atoms in total. The molecule has 0 fully saturated rings. The number of benzene rings is 1. The smallest absolute Gasteiger partial charge is 0.228 e.